The number of rotatable bonds is 0. The molecule has 0 aromatic carbocycles. The van der Waals surface area contributed by atoms with E-state index in [4.69, 9.17) is 13.0 Å². The number of thiophene rings is 1. The van der Waals surface area contributed by atoms with Gasteiger partial charge in [0.25, 0.3) is 0 Å². The molecule has 0 saturated heterocycles. The zero-order chi connectivity index (χ0) is 6.15. The van der Waals surface area contributed by atoms with Crippen molar-refractivity contribution < 1.29 is 5.11 Å². The second-order valence-electron chi connectivity index (χ2n) is 1.64. The van der Waals surface area contributed by atoms with Crippen LogP contribution >= 0.6 is 11.3 Å². The van der Waals surface area contributed by atoms with Crippen molar-refractivity contribution in [2.75, 3.05) is 0 Å². The third-order valence-corrected chi connectivity index (χ3v) is 1.78. The molecule has 0 amide bonds. The summed E-state index contributed by atoms with van der Waals surface area (Å²) in [4.78, 5) is 0. The van der Waals surface area contributed by atoms with Gasteiger partial charge in [0.2, 0.25) is 0 Å². The Bertz CT molecular complexity index is 175. The van der Waals surface area contributed by atoms with Gasteiger partial charge in [-0.25, -0.2) is 0 Å². The molecule has 0 unspecified atom stereocenters. The van der Waals surface area contributed by atoms with E-state index < -0.39 is 0 Å². The molecule has 2 radical (unpaired) electrons. The molecule has 1 rings (SSSR count). The zero-order valence-corrected chi connectivity index (χ0v) is 5.33. The molecule has 1 aromatic rings. The van der Waals surface area contributed by atoms with E-state index in [2.05, 4.69) is 0 Å². The first-order valence-corrected chi connectivity index (χ1v) is 3.06. The minimum absolute atomic E-state index is 0.322. The molecule has 0 aliphatic rings. The van der Waals surface area contributed by atoms with E-state index in [1.807, 2.05) is 6.92 Å². The number of hydrogen-bond acceptors (Lipinski definition) is 2. The smallest absolute Gasteiger partial charge is 0.173 e. The van der Waals surface area contributed by atoms with Crippen molar-refractivity contribution >= 4 is 24.0 Å². The maximum Gasteiger partial charge on any atom is 0.173 e. The molecule has 0 bridgehead atoms. The molecule has 8 heavy (non-hydrogen) atoms. The zero-order valence-electron chi connectivity index (χ0n) is 4.51. The Morgan fingerprint density at radius 3 is 2.50 bits per heavy atom. The Balaban J connectivity index is 3.14. The van der Waals surface area contributed by atoms with Gasteiger partial charge in [-0.1, -0.05) is 6.07 Å². The Morgan fingerprint density at radius 1 is 1.75 bits per heavy atom. The van der Waals surface area contributed by atoms with Crippen LogP contribution in [0.2, 0.25) is 0 Å². The van der Waals surface area contributed by atoms with Gasteiger partial charge in [0.05, 0.1) is 0 Å². The third kappa shape index (κ3) is 0.867. The van der Waals surface area contributed by atoms with Gasteiger partial charge in [-0.05, 0) is 11.7 Å². The van der Waals surface area contributed by atoms with E-state index in [0.717, 1.165) is 5.56 Å². The Morgan fingerprint density at radius 2 is 2.38 bits per heavy atom. The molecule has 0 fully saturated rings. The van der Waals surface area contributed by atoms with Gasteiger partial charge in [-0.2, -0.15) is 0 Å². The lowest BCUT2D eigenvalue weighted by Gasteiger charge is -1.79. The summed E-state index contributed by atoms with van der Waals surface area (Å²) in [5.74, 6) is 0. The highest BCUT2D eigenvalue weighted by atomic mass is 32.1. The maximum absolute atomic E-state index is 8.88. The van der Waals surface area contributed by atoms with Gasteiger partial charge in [0.1, 0.15) is 7.85 Å². The van der Waals surface area contributed by atoms with Gasteiger partial charge in [0, 0.05) is 5.56 Å². The molecule has 3 heteroatoms. The quantitative estimate of drug-likeness (QED) is 0.501. The van der Waals surface area contributed by atoms with Gasteiger partial charge in [-0.3, -0.25) is 0 Å². The fourth-order valence-electron chi connectivity index (χ4n) is 0.497. The molecule has 1 aromatic heterocycles. The van der Waals surface area contributed by atoms with Crippen LogP contribution in [0.1, 0.15) is 5.56 Å². The van der Waals surface area contributed by atoms with Crippen molar-refractivity contribution in [3.05, 3.63) is 11.6 Å². The normalized spacial score (nSPS) is 9.62. The van der Waals surface area contributed by atoms with Gasteiger partial charge in [-0.15, -0.1) is 11.3 Å². The van der Waals surface area contributed by atoms with Crippen LogP contribution in [0.3, 0.4) is 0 Å². The Labute approximate surface area is 53.4 Å². The Kier molecular flexibility index (Phi) is 1.30. The number of aryl methyl sites for hydroxylation is 1. The summed E-state index contributed by atoms with van der Waals surface area (Å²) >= 11 is 1.20. The predicted molar refractivity (Wildman–Crippen MR) is 36.1 cm³/mol. The SMILES string of the molecule is [B]c1cc(C)c(O)s1. The van der Waals surface area contributed by atoms with Crippen LogP contribution in [0.25, 0.3) is 0 Å². The summed E-state index contributed by atoms with van der Waals surface area (Å²) in [7, 11) is 5.34. The lowest BCUT2D eigenvalue weighted by Crippen LogP contribution is -1.89. The van der Waals surface area contributed by atoms with Crippen LogP contribution in [0.5, 0.6) is 5.06 Å². The molecule has 40 valence electrons. The van der Waals surface area contributed by atoms with Crippen LogP contribution in [0.4, 0.5) is 0 Å². The van der Waals surface area contributed by atoms with Crippen LogP contribution in [0, 0.1) is 6.92 Å². The highest BCUT2D eigenvalue weighted by molar-refractivity contribution is 7.21. The minimum Gasteiger partial charge on any atom is -0.499 e. The average molecular weight is 124 g/mol. The van der Waals surface area contributed by atoms with Crippen molar-refractivity contribution in [1.82, 2.24) is 0 Å². The number of aromatic hydroxyl groups is 1. The summed E-state index contributed by atoms with van der Waals surface area (Å²) in [5.41, 5.74) is 0.854. The van der Waals surface area contributed by atoms with E-state index in [9.17, 15) is 0 Å². The number of hydrogen-bond donors (Lipinski definition) is 1. The summed E-state index contributed by atoms with van der Waals surface area (Å²) in [6.07, 6.45) is 0. The molecular formula is C5H5BOS. The molecule has 1 heterocycles. The van der Waals surface area contributed by atoms with Gasteiger partial charge in [0.15, 0.2) is 5.06 Å². The monoisotopic (exact) mass is 124 g/mol. The minimum atomic E-state index is 0.322. The van der Waals surface area contributed by atoms with E-state index >= 15 is 0 Å². The van der Waals surface area contributed by atoms with Crippen LogP contribution in [-0.4, -0.2) is 13.0 Å². The van der Waals surface area contributed by atoms with E-state index in [1.165, 1.54) is 11.3 Å². The first kappa shape index (κ1) is 5.70. The molecule has 1 nitrogen and oxygen atoms in total. The standard InChI is InChI=1S/C5H5BOS/c1-3-2-4(6)8-5(3)7/h2,7H,1H3. The second-order valence-corrected chi connectivity index (χ2v) is 2.70. The highest BCUT2D eigenvalue weighted by Gasteiger charge is 1.96. The van der Waals surface area contributed by atoms with Crippen molar-refractivity contribution in [2.45, 2.75) is 6.92 Å². The van der Waals surface area contributed by atoms with Crippen molar-refractivity contribution in [3.8, 4) is 5.06 Å². The predicted octanol–water partition coefficient (Wildman–Crippen LogP) is 0.556. The van der Waals surface area contributed by atoms with Crippen LogP contribution < -0.4 is 4.78 Å². The lowest BCUT2D eigenvalue weighted by molar-refractivity contribution is 0.487. The van der Waals surface area contributed by atoms with Crippen molar-refractivity contribution in [1.29, 1.82) is 0 Å². The summed E-state index contributed by atoms with van der Waals surface area (Å²) < 4.78 is 0.667. The van der Waals surface area contributed by atoms with E-state index in [0.29, 0.717) is 9.84 Å². The van der Waals surface area contributed by atoms with E-state index in [1.54, 1.807) is 6.07 Å². The largest absolute Gasteiger partial charge is 0.499 e. The van der Waals surface area contributed by atoms with Crippen LogP contribution in [-0.2, 0) is 0 Å². The molecule has 1 N–H and O–H groups in total. The van der Waals surface area contributed by atoms with Crippen LogP contribution in [0.15, 0.2) is 6.07 Å². The van der Waals surface area contributed by atoms with Crippen molar-refractivity contribution in [3.63, 3.8) is 0 Å². The first-order chi connectivity index (χ1) is 3.70. The summed E-state index contributed by atoms with van der Waals surface area (Å²) in [6, 6.07) is 1.75. The molecular weight excluding hydrogens is 119 g/mol. The fourth-order valence-corrected chi connectivity index (χ4v) is 1.18. The van der Waals surface area contributed by atoms with Crippen molar-refractivity contribution in [2.24, 2.45) is 0 Å². The first-order valence-electron chi connectivity index (χ1n) is 2.25. The molecule has 0 aliphatic carbocycles. The van der Waals surface area contributed by atoms with Gasteiger partial charge >= 0.3 is 0 Å². The molecule has 0 aliphatic heterocycles. The summed E-state index contributed by atoms with van der Waals surface area (Å²) in [5, 5.41) is 9.20. The topological polar surface area (TPSA) is 20.2 Å². The molecule has 0 atom stereocenters. The average Bonchev–Trinajstić information content (AvgIpc) is 1.85. The maximum atomic E-state index is 8.88. The highest BCUT2D eigenvalue weighted by Crippen LogP contribution is 2.19. The van der Waals surface area contributed by atoms with E-state index in [-0.39, 0.29) is 0 Å². The third-order valence-electron chi connectivity index (χ3n) is 0.911. The summed E-state index contributed by atoms with van der Waals surface area (Å²) in [6.45, 7) is 1.82. The lowest BCUT2D eigenvalue weighted by atomic mass is 10.1. The Hall–Kier alpha value is -0.435. The van der Waals surface area contributed by atoms with Gasteiger partial charge < -0.3 is 5.11 Å². The fraction of sp³-hybridized carbons (Fsp3) is 0.200. The molecule has 0 saturated carbocycles. The molecule has 0 spiro atoms. The second kappa shape index (κ2) is 1.82.